The molecule has 0 amide bonds. The van der Waals surface area contributed by atoms with Gasteiger partial charge in [0.2, 0.25) is 0 Å². The van der Waals surface area contributed by atoms with Gasteiger partial charge in [0, 0.05) is 0 Å². The number of aromatic carboxylic acids is 1. The number of carboxylic acid groups (broad SMARTS) is 1. The van der Waals surface area contributed by atoms with Crippen molar-refractivity contribution >= 4 is 15.8 Å². The van der Waals surface area contributed by atoms with Gasteiger partial charge < -0.3 is 5.11 Å². The zero-order valence-electron chi connectivity index (χ0n) is 14.0. The third kappa shape index (κ3) is 7.16. The zero-order valence-corrected chi connectivity index (χ0v) is 14.8. The topological polar surface area (TPSA) is 71.4 Å². The smallest absolute Gasteiger partial charge is 0.337 e. The largest absolute Gasteiger partial charge is 0.478 e. The molecular weight excluding hydrogens is 312 g/mol. The molecule has 23 heavy (non-hydrogen) atoms. The van der Waals surface area contributed by atoms with Gasteiger partial charge in [0.05, 0.1) is 16.2 Å². The molecule has 0 fully saturated rings. The third-order valence-corrected chi connectivity index (χ3v) is 5.82. The predicted molar refractivity (Wildman–Crippen MR) is 92.7 cm³/mol. The number of unbranched alkanes of at least 4 members (excludes halogenated alkanes) is 8. The maximum absolute atomic E-state index is 12.3. The molecule has 0 saturated heterocycles. The molecule has 0 spiro atoms. The van der Waals surface area contributed by atoms with E-state index in [4.69, 9.17) is 5.11 Å². The standard InChI is InChI=1S/C18H28O4S/c1-2-3-4-5-6-7-8-9-12-15-23(21,22)17-14-11-10-13-16(17)18(19)20/h10-11,13-14H,2-9,12,15H2,1H3,(H,19,20). The van der Waals surface area contributed by atoms with Gasteiger partial charge >= 0.3 is 5.97 Å². The van der Waals surface area contributed by atoms with E-state index < -0.39 is 15.8 Å². The minimum atomic E-state index is -3.52. The van der Waals surface area contributed by atoms with Crippen LogP contribution < -0.4 is 0 Å². The summed E-state index contributed by atoms with van der Waals surface area (Å²) in [4.78, 5) is 11.1. The SMILES string of the molecule is CCCCCCCCCCCS(=O)(=O)c1ccccc1C(=O)O. The van der Waals surface area contributed by atoms with Crippen molar-refractivity contribution in [3.8, 4) is 0 Å². The van der Waals surface area contributed by atoms with E-state index in [0.29, 0.717) is 6.42 Å². The molecule has 0 aliphatic heterocycles. The Morgan fingerprint density at radius 1 is 0.913 bits per heavy atom. The Morgan fingerprint density at radius 2 is 1.43 bits per heavy atom. The molecule has 1 aromatic carbocycles. The van der Waals surface area contributed by atoms with Gasteiger partial charge in [-0.2, -0.15) is 0 Å². The molecule has 0 heterocycles. The van der Waals surface area contributed by atoms with Crippen LogP contribution in [-0.2, 0) is 9.84 Å². The van der Waals surface area contributed by atoms with E-state index in [2.05, 4.69) is 6.92 Å². The Hall–Kier alpha value is -1.36. The van der Waals surface area contributed by atoms with Crippen LogP contribution >= 0.6 is 0 Å². The second kappa shape index (κ2) is 10.4. The van der Waals surface area contributed by atoms with Gasteiger partial charge in [-0.25, -0.2) is 13.2 Å². The molecule has 0 unspecified atom stereocenters. The van der Waals surface area contributed by atoms with Crippen molar-refractivity contribution in [3.63, 3.8) is 0 Å². The summed E-state index contributed by atoms with van der Waals surface area (Å²) in [7, 11) is -3.52. The molecule has 0 bridgehead atoms. The molecular formula is C18H28O4S. The van der Waals surface area contributed by atoms with E-state index in [-0.39, 0.29) is 16.2 Å². The predicted octanol–water partition coefficient (Wildman–Crippen LogP) is 4.69. The number of sulfone groups is 1. The summed E-state index contributed by atoms with van der Waals surface area (Å²) in [5, 5.41) is 9.09. The van der Waals surface area contributed by atoms with E-state index in [9.17, 15) is 13.2 Å². The van der Waals surface area contributed by atoms with E-state index in [1.807, 2.05) is 0 Å². The Bertz CT molecular complexity index is 578. The Balaban J connectivity index is 2.36. The summed E-state index contributed by atoms with van der Waals surface area (Å²) in [5.41, 5.74) is -0.136. The number of hydrogen-bond acceptors (Lipinski definition) is 3. The van der Waals surface area contributed by atoms with Gasteiger partial charge in [-0.05, 0) is 18.6 Å². The van der Waals surface area contributed by atoms with Crippen LogP contribution in [0.1, 0.15) is 75.1 Å². The fourth-order valence-corrected chi connectivity index (χ4v) is 4.21. The average Bonchev–Trinajstić information content (AvgIpc) is 2.53. The number of hydrogen-bond donors (Lipinski definition) is 1. The lowest BCUT2D eigenvalue weighted by molar-refractivity contribution is 0.0692. The fourth-order valence-electron chi connectivity index (χ4n) is 2.63. The molecule has 4 nitrogen and oxygen atoms in total. The fraction of sp³-hybridized carbons (Fsp3) is 0.611. The Kier molecular flexibility index (Phi) is 8.92. The summed E-state index contributed by atoms with van der Waals surface area (Å²) in [5.74, 6) is -1.18. The number of benzene rings is 1. The molecule has 0 atom stereocenters. The van der Waals surface area contributed by atoms with E-state index >= 15 is 0 Å². The summed E-state index contributed by atoms with van der Waals surface area (Å²) in [6, 6.07) is 5.83. The van der Waals surface area contributed by atoms with Crippen molar-refractivity contribution < 1.29 is 18.3 Å². The van der Waals surface area contributed by atoms with Gasteiger partial charge in [-0.3, -0.25) is 0 Å². The molecule has 0 saturated carbocycles. The lowest BCUT2D eigenvalue weighted by atomic mass is 10.1. The molecule has 1 N–H and O–H groups in total. The molecule has 1 aromatic rings. The molecule has 5 heteroatoms. The molecule has 0 aliphatic rings. The van der Waals surface area contributed by atoms with Crippen LogP contribution in [0.5, 0.6) is 0 Å². The second-order valence-corrected chi connectivity index (χ2v) is 8.03. The third-order valence-electron chi connectivity index (χ3n) is 3.97. The van der Waals surface area contributed by atoms with Gasteiger partial charge in [-0.1, -0.05) is 70.4 Å². The summed E-state index contributed by atoms with van der Waals surface area (Å²) < 4.78 is 24.6. The quantitative estimate of drug-likeness (QED) is 0.560. The first-order chi connectivity index (χ1) is 11.0. The molecule has 130 valence electrons. The van der Waals surface area contributed by atoms with Crippen LogP contribution in [-0.4, -0.2) is 25.2 Å². The van der Waals surface area contributed by atoms with Crippen LogP contribution in [0.25, 0.3) is 0 Å². The van der Waals surface area contributed by atoms with Crippen molar-refractivity contribution in [1.82, 2.24) is 0 Å². The minimum Gasteiger partial charge on any atom is -0.478 e. The lowest BCUT2D eigenvalue weighted by Gasteiger charge is -2.07. The van der Waals surface area contributed by atoms with Crippen molar-refractivity contribution in [1.29, 1.82) is 0 Å². The summed E-state index contributed by atoms with van der Waals surface area (Å²) >= 11 is 0. The highest BCUT2D eigenvalue weighted by Crippen LogP contribution is 2.19. The maximum atomic E-state index is 12.3. The van der Waals surface area contributed by atoms with E-state index in [0.717, 1.165) is 19.3 Å². The summed E-state index contributed by atoms with van der Waals surface area (Å²) in [6.45, 7) is 2.20. The highest BCUT2D eigenvalue weighted by molar-refractivity contribution is 7.91. The van der Waals surface area contributed by atoms with Gasteiger partial charge in [0.15, 0.2) is 9.84 Å². The number of rotatable bonds is 12. The van der Waals surface area contributed by atoms with E-state index in [1.165, 1.54) is 44.2 Å². The molecule has 0 aliphatic carbocycles. The maximum Gasteiger partial charge on any atom is 0.337 e. The van der Waals surface area contributed by atoms with Gasteiger partial charge in [0.25, 0.3) is 0 Å². The van der Waals surface area contributed by atoms with Crippen LogP contribution in [0.2, 0.25) is 0 Å². The second-order valence-electron chi connectivity index (χ2n) is 5.95. The Morgan fingerprint density at radius 3 is 2.00 bits per heavy atom. The zero-order chi connectivity index (χ0) is 17.1. The van der Waals surface area contributed by atoms with Crippen LogP contribution in [0.15, 0.2) is 29.2 Å². The number of carboxylic acids is 1. The van der Waals surface area contributed by atoms with Crippen LogP contribution in [0.3, 0.4) is 0 Å². The molecule has 0 aromatic heterocycles. The highest BCUT2D eigenvalue weighted by atomic mass is 32.2. The normalized spacial score (nSPS) is 11.5. The summed E-state index contributed by atoms with van der Waals surface area (Å²) in [6.07, 6.45) is 9.96. The van der Waals surface area contributed by atoms with Crippen LogP contribution in [0, 0.1) is 0 Å². The molecule has 1 rings (SSSR count). The van der Waals surface area contributed by atoms with E-state index in [1.54, 1.807) is 12.1 Å². The Labute approximate surface area is 139 Å². The van der Waals surface area contributed by atoms with Gasteiger partial charge in [-0.15, -0.1) is 0 Å². The average molecular weight is 340 g/mol. The lowest BCUT2D eigenvalue weighted by Crippen LogP contribution is -2.12. The van der Waals surface area contributed by atoms with Crippen molar-refractivity contribution in [3.05, 3.63) is 29.8 Å². The minimum absolute atomic E-state index is 0.0210. The first-order valence-electron chi connectivity index (χ1n) is 8.54. The number of carbonyl (C=O) groups is 1. The van der Waals surface area contributed by atoms with Crippen molar-refractivity contribution in [2.24, 2.45) is 0 Å². The highest BCUT2D eigenvalue weighted by Gasteiger charge is 2.21. The monoisotopic (exact) mass is 340 g/mol. The van der Waals surface area contributed by atoms with Crippen molar-refractivity contribution in [2.75, 3.05) is 5.75 Å². The van der Waals surface area contributed by atoms with Crippen LogP contribution in [0.4, 0.5) is 0 Å². The van der Waals surface area contributed by atoms with Crippen molar-refractivity contribution in [2.45, 2.75) is 69.6 Å². The first kappa shape index (κ1) is 19.7. The van der Waals surface area contributed by atoms with Gasteiger partial charge in [0.1, 0.15) is 0 Å². The molecule has 0 radical (unpaired) electrons. The first-order valence-corrected chi connectivity index (χ1v) is 10.2.